The summed E-state index contributed by atoms with van der Waals surface area (Å²) in [5.41, 5.74) is 3.42. The number of nitrogens with zero attached hydrogens (tertiary/aromatic N) is 4. The molecule has 4 rings (SSSR count). The van der Waals surface area contributed by atoms with Crippen molar-refractivity contribution in [3.05, 3.63) is 82.7 Å². The molecule has 3 aromatic rings. The van der Waals surface area contributed by atoms with Crippen LogP contribution in [0.5, 0.6) is 0 Å². The smallest absolute Gasteiger partial charge is 0.122 e. The summed E-state index contributed by atoms with van der Waals surface area (Å²) in [6, 6.07) is 14.4. The van der Waals surface area contributed by atoms with E-state index in [0.29, 0.717) is 5.92 Å². The molecule has 0 amide bonds. The van der Waals surface area contributed by atoms with Gasteiger partial charge in [0.05, 0.1) is 6.54 Å². The molecule has 0 unspecified atom stereocenters. The Morgan fingerprint density at radius 1 is 1.14 bits per heavy atom. The lowest BCUT2D eigenvalue weighted by atomic mass is 9.94. The average Bonchev–Trinajstić information content (AvgIpc) is 3.17. The molecule has 0 bridgehead atoms. The third kappa shape index (κ3) is 4.45. The van der Waals surface area contributed by atoms with Gasteiger partial charge in [-0.15, -0.1) is 0 Å². The predicted molar refractivity (Wildman–Crippen MR) is 114 cm³/mol. The van der Waals surface area contributed by atoms with E-state index >= 15 is 0 Å². The zero-order chi connectivity index (χ0) is 19.3. The SMILES string of the molecule is CCn1ccnc1CN1CCC[C@H](c2cccc(Cc3ccccc3Cl)n2)C1. The van der Waals surface area contributed by atoms with Crippen LogP contribution in [0.1, 0.15) is 48.5 Å². The van der Waals surface area contributed by atoms with Crippen LogP contribution in [0.15, 0.2) is 54.9 Å². The first kappa shape index (κ1) is 19.2. The summed E-state index contributed by atoms with van der Waals surface area (Å²) in [4.78, 5) is 12.1. The van der Waals surface area contributed by atoms with E-state index in [1.165, 1.54) is 18.5 Å². The maximum Gasteiger partial charge on any atom is 0.122 e. The third-order valence-corrected chi connectivity index (χ3v) is 5.96. The van der Waals surface area contributed by atoms with E-state index in [2.05, 4.69) is 51.8 Å². The van der Waals surface area contributed by atoms with Crippen molar-refractivity contribution >= 4 is 11.6 Å². The number of likely N-dealkylation sites (tertiary alicyclic amines) is 1. The summed E-state index contributed by atoms with van der Waals surface area (Å²) in [6.07, 6.45) is 7.14. The molecular formula is C23H27ClN4. The lowest BCUT2D eigenvalue weighted by Gasteiger charge is -2.32. The minimum absolute atomic E-state index is 0.477. The lowest BCUT2D eigenvalue weighted by Crippen LogP contribution is -2.35. The minimum atomic E-state index is 0.477. The molecule has 28 heavy (non-hydrogen) atoms. The summed E-state index contributed by atoms with van der Waals surface area (Å²) in [6.45, 7) is 6.22. The van der Waals surface area contributed by atoms with Crippen LogP contribution in [0.25, 0.3) is 0 Å². The van der Waals surface area contributed by atoms with Crippen LogP contribution in [0.4, 0.5) is 0 Å². The van der Waals surface area contributed by atoms with Crippen LogP contribution in [0.2, 0.25) is 5.02 Å². The fourth-order valence-electron chi connectivity index (χ4n) is 4.08. The van der Waals surface area contributed by atoms with E-state index in [9.17, 15) is 0 Å². The Bertz CT molecular complexity index is 920. The van der Waals surface area contributed by atoms with Crippen molar-refractivity contribution in [3.63, 3.8) is 0 Å². The second kappa shape index (κ2) is 8.89. The fraction of sp³-hybridized carbons (Fsp3) is 0.391. The van der Waals surface area contributed by atoms with Crippen LogP contribution in [0.3, 0.4) is 0 Å². The second-order valence-electron chi connectivity index (χ2n) is 7.53. The van der Waals surface area contributed by atoms with Gasteiger partial charge in [0.1, 0.15) is 5.82 Å². The van der Waals surface area contributed by atoms with Gasteiger partial charge in [0.2, 0.25) is 0 Å². The molecule has 5 heteroatoms. The number of imidazole rings is 1. The van der Waals surface area contributed by atoms with Gasteiger partial charge in [-0.05, 0) is 50.1 Å². The largest absolute Gasteiger partial charge is 0.334 e. The summed E-state index contributed by atoms with van der Waals surface area (Å²) in [5, 5.41) is 0.810. The first-order chi connectivity index (χ1) is 13.7. The van der Waals surface area contributed by atoms with Gasteiger partial charge in [-0.1, -0.05) is 35.9 Å². The number of aromatic nitrogens is 3. The highest BCUT2D eigenvalue weighted by Crippen LogP contribution is 2.27. The highest BCUT2D eigenvalue weighted by atomic mass is 35.5. The Labute approximate surface area is 172 Å². The molecule has 146 valence electrons. The standard InChI is InChI=1S/C23H27ClN4/c1-2-28-14-12-25-23(28)17-27-13-6-8-19(16-27)22-11-5-9-20(26-22)15-18-7-3-4-10-21(18)24/h3-5,7,9-12,14,19H,2,6,8,13,15-17H2,1H3/t19-/m0/s1. The predicted octanol–water partition coefficient (Wildman–Crippen LogP) is 4.92. The van der Waals surface area contributed by atoms with Gasteiger partial charge in [0.15, 0.2) is 0 Å². The zero-order valence-corrected chi connectivity index (χ0v) is 17.1. The number of aryl methyl sites for hydroxylation is 1. The Morgan fingerprint density at radius 3 is 2.89 bits per heavy atom. The molecule has 1 saturated heterocycles. The van der Waals surface area contributed by atoms with Crippen molar-refractivity contribution in [1.29, 1.82) is 0 Å². The molecule has 1 fully saturated rings. The van der Waals surface area contributed by atoms with Crippen LogP contribution in [-0.4, -0.2) is 32.5 Å². The monoisotopic (exact) mass is 394 g/mol. The minimum Gasteiger partial charge on any atom is -0.334 e. The van der Waals surface area contributed by atoms with E-state index < -0.39 is 0 Å². The molecule has 2 aromatic heterocycles. The van der Waals surface area contributed by atoms with E-state index in [-0.39, 0.29) is 0 Å². The first-order valence-corrected chi connectivity index (χ1v) is 10.5. The molecule has 0 aliphatic carbocycles. The van der Waals surface area contributed by atoms with Crippen molar-refractivity contribution in [2.24, 2.45) is 0 Å². The molecule has 4 nitrogen and oxygen atoms in total. The normalized spacial score (nSPS) is 17.7. The summed E-state index contributed by atoms with van der Waals surface area (Å²) in [5.74, 6) is 1.63. The maximum absolute atomic E-state index is 6.33. The van der Waals surface area contributed by atoms with Crippen molar-refractivity contribution in [2.45, 2.75) is 45.2 Å². The van der Waals surface area contributed by atoms with Gasteiger partial charge in [-0.2, -0.15) is 0 Å². The Balaban J connectivity index is 1.45. The van der Waals surface area contributed by atoms with Gasteiger partial charge in [-0.3, -0.25) is 9.88 Å². The summed E-state index contributed by atoms with van der Waals surface area (Å²) < 4.78 is 2.23. The van der Waals surface area contributed by atoms with Crippen LogP contribution in [0, 0.1) is 0 Å². The van der Waals surface area contributed by atoms with Gasteiger partial charge < -0.3 is 4.57 Å². The summed E-state index contributed by atoms with van der Waals surface area (Å²) in [7, 11) is 0. The topological polar surface area (TPSA) is 34.0 Å². The lowest BCUT2D eigenvalue weighted by molar-refractivity contribution is 0.192. The van der Waals surface area contributed by atoms with Crippen molar-refractivity contribution in [2.75, 3.05) is 13.1 Å². The third-order valence-electron chi connectivity index (χ3n) is 5.59. The van der Waals surface area contributed by atoms with Crippen LogP contribution < -0.4 is 0 Å². The van der Waals surface area contributed by atoms with Crippen LogP contribution >= 0.6 is 11.6 Å². The Kier molecular flexibility index (Phi) is 6.08. The summed E-state index contributed by atoms with van der Waals surface area (Å²) >= 11 is 6.33. The molecule has 0 N–H and O–H groups in total. The van der Waals surface area contributed by atoms with Crippen molar-refractivity contribution < 1.29 is 0 Å². The second-order valence-corrected chi connectivity index (χ2v) is 7.93. The number of pyridine rings is 1. The van der Waals surface area contributed by atoms with Gasteiger partial charge in [0, 0.05) is 54.2 Å². The average molecular weight is 395 g/mol. The zero-order valence-electron chi connectivity index (χ0n) is 16.4. The highest BCUT2D eigenvalue weighted by molar-refractivity contribution is 6.31. The number of rotatable bonds is 6. The molecule has 1 aliphatic heterocycles. The number of benzene rings is 1. The number of hydrogen-bond acceptors (Lipinski definition) is 3. The fourth-order valence-corrected chi connectivity index (χ4v) is 4.28. The van der Waals surface area contributed by atoms with Gasteiger partial charge >= 0.3 is 0 Å². The van der Waals surface area contributed by atoms with E-state index in [1.807, 2.05) is 24.4 Å². The molecule has 1 aliphatic rings. The van der Waals surface area contributed by atoms with Crippen LogP contribution in [-0.2, 0) is 19.5 Å². The molecule has 3 heterocycles. The maximum atomic E-state index is 6.33. The molecule has 1 atom stereocenters. The Hall–Kier alpha value is -2.17. The quantitative estimate of drug-likeness (QED) is 0.595. The number of halogens is 1. The van der Waals surface area contributed by atoms with E-state index in [4.69, 9.17) is 16.6 Å². The molecular weight excluding hydrogens is 368 g/mol. The molecule has 1 aromatic carbocycles. The van der Waals surface area contributed by atoms with Gasteiger partial charge in [-0.25, -0.2) is 4.98 Å². The number of piperidine rings is 1. The molecule has 0 saturated carbocycles. The van der Waals surface area contributed by atoms with E-state index in [0.717, 1.165) is 54.7 Å². The molecule has 0 radical (unpaired) electrons. The van der Waals surface area contributed by atoms with Crippen molar-refractivity contribution in [3.8, 4) is 0 Å². The number of hydrogen-bond donors (Lipinski definition) is 0. The first-order valence-electron chi connectivity index (χ1n) is 10.1. The Morgan fingerprint density at radius 2 is 2.04 bits per heavy atom. The van der Waals surface area contributed by atoms with Gasteiger partial charge in [0.25, 0.3) is 0 Å². The van der Waals surface area contributed by atoms with Crippen molar-refractivity contribution in [1.82, 2.24) is 19.4 Å². The van der Waals surface area contributed by atoms with E-state index in [1.54, 1.807) is 0 Å². The highest BCUT2D eigenvalue weighted by Gasteiger charge is 2.23. The molecule has 0 spiro atoms.